The number of carbonyl (C=O) groups is 1. The van der Waals surface area contributed by atoms with Crippen LogP contribution in [0.3, 0.4) is 0 Å². The summed E-state index contributed by atoms with van der Waals surface area (Å²) in [6.45, 7) is 4.58. The van der Waals surface area contributed by atoms with Crippen LogP contribution in [-0.2, 0) is 4.79 Å². The number of nitrogens with zero attached hydrogens (tertiary/aromatic N) is 1. The number of carbonyl (C=O) groups excluding carboxylic acids is 1. The van der Waals surface area contributed by atoms with Crippen molar-refractivity contribution in [3.05, 3.63) is 23.8 Å². The summed E-state index contributed by atoms with van der Waals surface area (Å²) >= 11 is 1.68. The van der Waals surface area contributed by atoms with Gasteiger partial charge in [-0.2, -0.15) is 11.8 Å². The maximum Gasteiger partial charge on any atom is 0.118 e. The maximum atomic E-state index is 11.7. The molecule has 0 spiro atoms. The normalized spacial score (nSPS) is 11.4. The van der Waals surface area contributed by atoms with Crippen LogP contribution in [0.15, 0.2) is 23.2 Å². The van der Waals surface area contributed by atoms with E-state index in [4.69, 9.17) is 4.74 Å². The minimum Gasteiger partial charge on any atom is -0.872 e. The Bertz CT molecular complexity index is 563. The molecule has 0 saturated carbocycles. The number of hydrogen-bond donors (Lipinski definition) is 0. The minimum absolute atomic E-state index is 0.149. The first-order chi connectivity index (χ1) is 13.5. The van der Waals surface area contributed by atoms with Crippen LogP contribution in [0.2, 0.25) is 8.87 Å². The summed E-state index contributed by atoms with van der Waals surface area (Å²) < 4.78 is 8.17. The Morgan fingerprint density at radius 2 is 1.93 bits per heavy atom. The second kappa shape index (κ2) is 18.2. The molecule has 7 heteroatoms. The van der Waals surface area contributed by atoms with Gasteiger partial charge in [0.2, 0.25) is 0 Å². The van der Waals surface area contributed by atoms with Crippen LogP contribution in [0.4, 0.5) is 0 Å². The number of aliphatic carboxylic acids is 1. The molecule has 1 aromatic carbocycles. The van der Waals surface area contributed by atoms with E-state index in [2.05, 4.69) is 18.8 Å². The molecule has 0 fully saturated rings. The largest absolute Gasteiger partial charge is 0.872 e. The molecule has 156 valence electrons. The molecule has 0 aromatic heterocycles. The van der Waals surface area contributed by atoms with E-state index in [0.717, 1.165) is 0 Å². The van der Waals surface area contributed by atoms with Gasteiger partial charge in [0.15, 0.2) is 0 Å². The van der Waals surface area contributed by atoms with Crippen LogP contribution < -0.4 is 14.9 Å². The summed E-state index contributed by atoms with van der Waals surface area (Å²) in [4.78, 5) is 14.8. The first-order valence-corrected chi connectivity index (χ1v) is 15.2. The van der Waals surface area contributed by atoms with Gasteiger partial charge in [0.1, 0.15) is 5.75 Å². The molecule has 28 heavy (non-hydrogen) atoms. The molecule has 0 saturated heterocycles. The van der Waals surface area contributed by atoms with Gasteiger partial charge in [-0.1, -0.05) is 11.8 Å². The standard InChI is InChI=1S/C13H17NO4S.2C4H9.Sn/c1-18-10-4-3-9(12(15)7-10)8-14-11(13(16)17)5-6-19-2;2*1-3-4-2;/h3-4,7-8,11,15H,5-6H2,1-2H3,(H,16,17);2*1,3-4H2,2H3;/q;;;+2/p-2/t11-;;;/m0.../s1. The molecular weight excluding hydrogens is 481 g/mol. The van der Waals surface area contributed by atoms with Gasteiger partial charge in [-0.15, -0.1) is 0 Å². The van der Waals surface area contributed by atoms with Crippen LogP contribution in [-0.4, -0.2) is 58.5 Å². The zero-order valence-corrected chi connectivity index (χ0v) is 21.2. The number of unbranched alkanes of at least 4 members (excludes halogenated alkanes) is 2. The Kier molecular flexibility index (Phi) is 17.6. The maximum absolute atomic E-state index is 11.7. The zero-order valence-electron chi connectivity index (χ0n) is 17.5. The number of aliphatic imine (C=N–C) groups is 1. The van der Waals surface area contributed by atoms with Crippen molar-refractivity contribution in [2.45, 2.75) is 60.9 Å². The summed E-state index contributed by atoms with van der Waals surface area (Å²) in [6, 6.07) is 3.58. The summed E-state index contributed by atoms with van der Waals surface area (Å²) in [7, 11) is 1.47. The van der Waals surface area contributed by atoms with E-state index >= 15 is 0 Å². The van der Waals surface area contributed by atoms with Crippen LogP contribution in [0.25, 0.3) is 0 Å². The van der Waals surface area contributed by atoms with Crippen molar-refractivity contribution in [3.8, 4) is 11.5 Å². The van der Waals surface area contributed by atoms with E-state index in [0.29, 0.717) is 23.5 Å². The van der Waals surface area contributed by atoms with Gasteiger partial charge in [-0.3, -0.25) is 4.99 Å². The summed E-state index contributed by atoms with van der Waals surface area (Å²) in [5.74, 6) is -0.361. The first-order valence-electron chi connectivity index (χ1n) is 9.78. The molecule has 0 aliphatic heterocycles. The van der Waals surface area contributed by atoms with Crippen LogP contribution in [0.5, 0.6) is 11.5 Å². The fraction of sp³-hybridized carbons (Fsp3) is 0.619. The van der Waals surface area contributed by atoms with E-state index in [-0.39, 0.29) is 26.9 Å². The fourth-order valence-electron chi connectivity index (χ4n) is 2.13. The second-order valence-corrected chi connectivity index (χ2v) is 11.5. The van der Waals surface area contributed by atoms with E-state index < -0.39 is 12.0 Å². The van der Waals surface area contributed by atoms with Crippen molar-refractivity contribution in [2.24, 2.45) is 4.99 Å². The third kappa shape index (κ3) is 13.3. The summed E-state index contributed by atoms with van der Waals surface area (Å²) in [6.07, 6.45) is 9.38. The number of rotatable bonds is 13. The average Bonchev–Trinajstić information content (AvgIpc) is 2.69. The van der Waals surface area contributed by atoms with Crippen molar-refractivity contribution < 1.29 is 19.7 Å². The molecule has 0 amide bonds. The van der Waals surface area contributed by atoms with Crippen LogP contribution in [0, 0.1) is 0 Å². The molecule has 0 bridgehead atoms. The number of methoxy groups -OCH3 is 1. The quantitative estimate of drug-likeness (QED) is 0.230. The molecule has 0 aliphatic rings. The zero-order chi connectivity index (χ0) is 21.2. The van der Waals surface area contributed by atoms with Crippen LogP contribution >= 0.6 is 11.8 Å². The number of carboxylic acids is 1. The fourth-order valence-corrected chi connectivity index (χ4v) is 6.75. The van der Waals surface area contributed by atoms with Gasteiger partial charge in [0.25, 0.3) is 0 Å². The Morgan fingerprint density at radius 3 is 2.39 bits per heavy atom. The van der Waals surface area contributed by atoms with Gasteiger partial charge in [0, 0.05) is 6.21 Å². The Balaban J connectivity index is 0.000000684. The van der Waals surface area contributed by atoms with Gasteiger partial charge in [-0.25, -0.2) is 0 Å². The number of carboxylic acid groups (broad SMARTS) is 1. The van der Waals surface area contributed by atoms with Crippen molar-refractivity contribution in [3.63, 3.8) is 0 Å². The predicted molar refractivity (Wildman–Crippen MR) is 117 cm³/mol. The molecule has 0 N–H and O–H groups in total. The second-order valence-electron chi connectivity index (χ2n) is 6.26. The molecule has 0 radical (unpaired) electrons. The van der Waals surface area contributed by atoms with Crippen molar-refractivity contribution in [1.82, 2.24) is 0 Å². The minimum atomic E-state index is -1.23. The van der Waals surface area contributed by atoms with Gasteiger partial charge in [-0.05, 0) is 36.1 Å². The number of hydrogen-bond acceptors (Lipinski definition) is 6. The van der Waals surface area contributed by atoms with E-state index in [9.17, 15) is 15.0 Å². The number of thioether (sulfide) groups is 1. The Hall–Kier alpha value is -0.891. The molecule has 1 aromatic rings. The molecule has 0 unspecified atom stereocenters. The number of benzene rings is 1. The smallest absolute Gasteiger partial charge is 0.118 e. The van der Waals surface area contributed by atoms with Gasteiger partial charge in [0.05, 0.1) is 19.1 Å². The third-order valence-corrected chi connectivity index (χ3v) is 8.58. The van der Waals surface area contributed by atoms with Crippen molar-refractivity contribution in [1.29, 1.82) is 0 Å². The number of ether oxygens (including phenoxy) is 1. The molecule has 0 aliphatic carbocycles. The molecule has 1 rings (SSSR count). The Labute approximate surface area is 184 Å². The van der Waals surface area contributed by atoms with Gasteiger partial charge < -0.3 is 19.7 Å². The SMILES string of the molecule is CCC[CH2][Sn+2][CH2]CCC.COc1ccc(C=N[C@@H](CCSC)C(=O)[O-])c([O-])c1. The van der Waals surface area contributed by atoms with E-state index in [1.54, 1.807) is 21.0 Å². The Morgan fingerprint density at radius 1 is 1.29 bits per heavy atom. The molecule has 1 atom stereocenters. The third-order valence-electron chi connectivity index (χ3n) is 3.90. The van der Waals surface area contributed by atoms with E-state index in [1.807, 2.05) is 6.26 Å². The summed E-state index contributed by atoms with van der Waals surface area (Å²) in [5.41, 5.74) is 0.330. The molecule has 0 heterocycles. The monoisotopic (exact) mass is 515 g/mol. The molecule has 5 nitrogen and oxygen atoms in total. The van der Waals surface area contributed by atoms with Gasteiger partial charge >= 0.3 is 69.5 Å². The van der Waals surface area contributed by atoms with E-state index in [1.165, 1.54) is 56.8 Å². The average molecular weight is 514 g/mol. The topological polar surface area (TPSA) is 84.8 Å². The van der Waals surface area contributed by atoms with Crippen LogP contribution in [0.1, 0.15) is 51.5 Å². The molecular formula is C21H33NO4SSn. The summed E-state index contributed by atoms with van der Waals surface area (Å²) in [5, 5.41) is 22.5. The predicted octanol–water partition coefficient (Wildman–Crippen LogP) is 3.19. The van der Waals surface area contributed by atoms with Crippen molar-refractivity contribution in [2.75, 3.05) is 19.1 Å². The van der Waals surface area contributed by atoms with Crippen molar-refractivity contribution >= 4 is 45.1 Å². The first kappa shape index (κ1) is 27.1.